The first-order chi connectivity index (χ1) is 40.5. The SMILES string of the molecule is CCC(=O)C(CC(C)SSC(C)(C)CCC(=O)N[C@@H](C)C(=O)C[C@@H](C)C(=O)Nc1cc(COc2cc3c(cc2C)C(=O)N2c4ccccc4C[C@H]2CN3C)cc(COc2cc3c(cc2OC)C(=O)N2c4ccccc4C[C@H]2CC3)c1)S(=O)(=O)OC. The minimum Gasteiger partial charge on any atom is -0.493 e. The monoisotopic (exact) mass is 1220 g/mol. The molecule has 0 aliphatic carbocycles. The zero-order valence-corrected chi connectivity index (χ0v) is 52.5. The molecule has 0 spiro atoms. The highest BCUT2D eigenvalue weighted by Gasteiger charge is 2.41. The van der Waals surface area contributed by atoms with Crippen LogP contribution in [0.1, 0.15) is 134 Å². The standard InChI is InChI=1S/C65H77N5O12S3/c1-11-55(71)60(85(77,78)80-10)26-40(4)83-84-65(6,7)23-22-61(73)66-41(5)56(72)25-39(3)62(74)67-47-28-42(36-81-57-34-54-51(24-38(57)2)64(76)70-49(35-68(54)8)31-46-17-13-15-19-53(46)70)27-43(29-47)37-82-59-32-44-20-21-48-30-45-16-12-14-18-52(45)69(48)63(75)50(44)33-58(59)79-9/h12-19,24,27-29,32-34,39-41,48-49,60H,11,20-23,25-26,30-31,35-37H2,1-10H3,(H,66,73)(H,67,74)/t39-,40?,41+,48-,49+,60?/m1/s1. The molecule has 4 aliphatic heterocycles. The van der Waals surface area contributed by atoms with Crippen LogP contribution in [0.5, 0.6) is 17.2 Å². The van der Waals surface area contributed by atoms with Crippen molar-refractivity contribution in [3.05, 3.63) is 136 Å². The third kappa shape index (κ3) is 14.2. The second-order valence-corrected chi connectivity index (χ2v) is 28.7. The molecule has 2 unspecified atom stereocenters. The third-order valence-corrected chi connectivity index (χ3v) is 22.0. The Bertz CT molecular complexity index is 3520. The summed E-state index contributed by atoms with van der Waals surface area (Å²) in [6.07, 6.45) is 3.61. The fourth-order valence-electron chi connectivity index (χ4n) is 11.8. The highest BCUT2D eigenvalue weighted by atomic mass is 33.1. The molecule has 6 atom stereocenters. The number of hydrogen-bond acceptors (Lipinski definition) is 15. The molecule has 0 radical (unpaired) electrons. The summed E-state index contributed by atoms with van der Waals surface area (Å²) in [7, 11) is 3.50. The lowest BCUT2D eigenvalue weighted by molar-refractivity contribution is -0.129. The molecule has 20 heteroatoms. The maximum atomic E-state index is 14.3. The Morgan fingerprint density at radius 2 is 1.38 bits per heavy atom. The number of carbonyl (C=O) groups excluding carboxylic acids is 6. The summed E-state index contributed by atoms with van der Waals surface area (Å²) in [5.41, 5.74) is 9.62. The van der Waals surface area contributed by atoms with Gasteiger partial charge in [-0.1, -0.05) is 78.8 Å². The maximum absolute atomic E-state index is 14.3. The molecule has 0 fully saturated rings. The number of hydrogen-bond donors (Lipinski definition) is 2. The number of likely N-dealkylation sites (N-methyl/N-ethyl adjacent to an activating group) is 1. The van der Waals surface area contributed by atoms with E-state index < -0.39 is 43.8 Å². The Hall–Kier alpha value is -6.87. The Balaban J connectivity index is 0.871. The number of nitrogens with zero attached hydrogens (tertiary/aromatic N) is 3. The van der Waals surface area contributed by atoms with Gasteiger partial charge in [0.05, 0.1) is 37.6 Å². The predicted octanol–water partition coefficient (Wildman–Crippen LogP) is 10.8. The van der Waals surface area contributed by atoms with Crippen LogP contribution in [0.25, 0.3) is 0 Å². The van der Waals surface area contributed by atoms with Gasteiger partial charge in [-0.15, -0.1) is 0 Å². The number of ether oxygens (including phenoxy) is 3. The van der Waals surface area contributed by atoms with Gasteiger partial charge in [-0.25, -0.2) is 0 Å². The number of nitrogens with one attached hydrogen (secondary N) is 2. The number of anilines is 4. The van der Waals surface area contributed by atoms with E-state index in [0.717, 1.165) is 65.7 Å². The summed E-state index contributed by atoms with van der Waals surface area (Å²) < 4.78 is 48.2. The molecule has 0 saturated carbocycles. The summed E-state index contributed by atoms with van der Waals surface area (Å²) >= 11 is 0. The fraction of sp³-hybridized carbons (Fsp3) is 0.446. The van der Waals surface area contributed by atoms with Crippen LogP contribution in [0.15, 0.2) is 91.0 Å². The zero-order valence-electron chi connectivity index (χ0n) is 50.1. The predicted molar refractivity (Wildman–Crippen MR) is 335 cm³/mol. The molecule has 5 aromatic rings. The summed E-state index contributed by atoms with van der Waals surface area (Å²) in [4.78, 5) is 87.8. The van der Waals surface area contributed by atoms with Crippen LogP contribution in [0.3, 0.4) is 0 Å². The van der Waals surface area contributed by atoms with Crippen LogP contribution in [0.4, 0.5) is 22.7 Å². The number of aryl methyl sites for hydroxylation is 2. The molecule has 452 valence electrons. The van der Waals surface area contributed by atoms with Gasteiger partial charge in [-0.05, 0) is 148 Å². The average molecular weight is 1220 g/mol. The number of para-hydroxylation sites is 2. The second-order valence-electron chi connectivity index (χ2n) is 23.5. The van der Waals surface area contributed by atoms with Crippen molar-refractivity contribution < 1.29 is 55.6 Å². The van der Waals surface area contributed by atoms with Gasteiger partial charge in [0.2, 0.25) is 11.8 Å². The van der Waals surface area contributed by atoms with E-state index in [1.54, 1.807) is 40.0 Å². The van der Waals surface area contributed by atoms with Crippen molar-refractivity contribution in [2.45, 2.75) is 153 Å². The van der Waals surface area contributed by atoms with Crippen LogP contribution in [-0.4, -0.2) is 105 Å². The van der Waals surface area contributed by atoms with Crippen molar-refractivity contribution in [1.29, 1.82) is 0 Å². The number of carbonyl (C=O) groups is 6. The van der Waals surface area contributed by atoms with E-state index in [1.165, 1.54) is 21.6 Å². The number of rotatable bonds is 25. The van der Waals surface area contributed by atoms with Gasteiger partial charge in [0.25, 0.3) is 21.9 Å². The number of methoxy groups -OCH3 is 1. The first-order valence-electron chi connectivity index (χ1n) is 29.1. The average Bonchev–Trinajstić information content (AvgIpc) is 1.84. The van der Waals surface area contributed by atoms with E-state index in [2.05, 4.69) is 31.8 Å². The van der Waals surface area contributed by atoms with Gasteiger partial charge in [0.1, 0.15) is 24.2 Å². The minimum absolute atomic E-state index is 0.0139. The Labute approximate surface area is 507 Å². The van der Waals surface area contributed by atoms with Crippen LogP contribution in [0.2, 0.25) is 0 Å². The van der Waals surface area contributed by atoms with Gasteiger partial charge in [-0.2, -0.15) is 8.42 Å². The first kappa shape index (κ1) is 62.7. The molecular formula is C65H77N5O12S3. The Morgan fingerprint density at radius 1 is 0.753 bits per heavy atom. The highest BCUT2D eigenvalue weighted by Crippen LogP contribution is 2.45. The largest absolute Gasteiger partial charge is 0.493 e. The molecular weight excluding hydrogens is 1140 g/mol. The van der Waals surface area contributed by atoms with Crippen LogP contribution >= 0.6 is 21.6 Å². The second kappa shape index (κ2) is 26.4. The topological polar surface area (TPSA) is 207 Å². The number of fused-ring (bicyclic) bond motifs is 8. The molecule has 4 heterocycles. The molecule has 4 amide bonds. The van der Waals surface area contributed by atoms with E-state index >= 15 is 0 Å². The number of ketones is 2. The zero-order chi connectivity index (χ0) is 61.1. The maximum Gasteiger partial charge on any atom is 0.277 e. The highest BCUT2D eigenvalue weighted by molar-refractivity contribution is 8.77. The summed E-state index contributed by atoms with van der Waals surface area (Å²) in [5, 5.41) is 4.37. The lowest BCUT2D eigenvalue weighted by Gasteiger charge is -2.26. The van der Waals surface area contributed by atoms with E-state index in [0.29, 0.717) is 64.6 Å². The van der Waals surface area contributed by atoms with Crippen LogP contribution < -0.4 is 39.5 Å². The Kier molecular flexibility index (Phi) is 19.5. The number of benzene rings is 5. The Morgan fingerprint density at radius 3 is 2.02 bits per heavy atom. The van der Waals surface area contributed by atoms with Crippen molar-refractivity contribution >= 4 is 89.7 Å². The van der Waals surface area contributed by atoms with Crippen molar-refractivity contribution in [3.8, 4) is 17.2 Å². The molecule has 4 aliphatic rings. The lowest BCUT2D eigenvalue weighted by atomic mass is 9.99. The lowest BCUT2D eigenvalue weighted by Crippen LogP contribution is -2.41. The normalized spacial score (nSPS) is 17.6. The molecule has 17 nitrogen and oxygen atoms in total. The molecule has 9 rings (SSSR count). The minimum atomic E-state index is -4.04. The van der Waals surface area contributed by atoms with Crippen molar-refractivity contribution in [2.75, 3.05) is 47.8 Å². The summed E-state index contributed by atoms with van der Waals surface area (Å²) in [6, 6.07) is 28.3. The number of Topliss-reactive ketones (excluding diaryl/α,β-unsaturated/α-hetero) is 2. The van der Waals surface area contributed by atoms with E-state index in [-0.39, 0.29) is 79.7 Å². The van der Waals surface area contributed by atoms with Crippen LogP contribution in [0, 0.1) is 12.8 Å². The summed E-state index contributed by atoms with van der Waals surface area (Å²) in [5.74, 6) is -0.903. The number of amides is 4. The van der Waals surface area contributed by atoms with Crippen molar-refractivity contribution in [3.63, 3.8) is 0 Å². The molecule has 0 aromatic heterocycles. The van der Waals surface area contributed by atoms with Gasteiger partial charge in [0, 0.05) is 83.5 Å². The van der Waals surface area contributed by atoms with E-state index in [4.69, 9.17) is 14.2 Å². The van der Waals surface area contributed by atoms with E-state index in [1.807, 2.05) is 111 Å². The van der Waals surface area contributed by atoms with Crippen molar-refractivity contribution in [1.82, 2.24) is 5.32 Å². The first-order valence-corrected chi connectivity index (χ1v) is 32.7. The van der Waals surface area contributed by atoms with Gasteiger partial charge >= 0.3 is 0 Å². The van der Waals surface area contributed by atoms with Crippen LogP contribution in [-0.2, 0) is 66.0 Å². The van der Waals surface area contributed by atoms with Crippen molar-refractivity contribution in [2.24, 2.45) is 5.92 Å². The van der Waals surface area contributed by atoms with Gasteiger partial charge in [0.15, 0.2) is 23.1 Å². The fourth-order valence-corrected chi connectivity index (χ4v) is 15.8. The molecule has 5 aromatic carbocycles. The smallest absolute Gasteiger partial charge is 0.277 e. The van der Waals surface area contributed by atoms with Gasteiger partial charge < -0.3 is 39.5 Å². The molecule has 0 bridgehead atoms. The molecule has 85 heavy (non-hydrogen) atoms. The summed E-state index contributed by atoms with van der Waals surface area (Å²) in [6.45, 7) is 13.4. The van der Waals surface area contributed by atoms with E-state index in [9.17, 15) is 37.2 Å². The van der Waals surface area contributed by atoms with Gasteiger partial charge in [-0.3, -0.25) is 33.0 Å². The molecule has 0 saturated heterocycles. The third-order valence-electron chi connectivity index (χ3n) is 16.5. The molecule has 2 N–H and O–H groups in total. The quantitative estimate of drug-likeness (QED) is 0.0412.